The maximum atomic E-state index is 5.38. The lowest BCUT2D eigenvalue weighted by Crippen LogP contribution is -2.17. The fraction of sp³-hybridized carbons (Fsp3) is 0.333. The van der Waals surface area contributed by atoms with E-state index in [9.17, 15) is 0 Å². The number of rotatable bonds is 6. The fourth-order valence-corrected chi connectivity index (χ4v) is 2.48. The van der Waals surface area contributed by atoms with Crippen LogP contribution in [-0.4, -0.2) is 13.7 Å². The Balaban J connectivity index is 2.29. The minimum absolute atomic E-state index is 0.174. The van der Waals surface area contributed by atoms with Crippen molar-refractivity contribution < 1.29 is 4.74 Å². The van der Waals surface area contributed by atoms with Gasteiger partial charge in [0, 0.05) is 12.8 Å². The lowest BCUT2D eigenvalue weighted by atomic mass is 10.0. The summed E-state index contributed by atoms with van der Waals surface area (Å²) in [5, 5.41) is 3.66. The summed E-state index contributed by atoms with van der Waals surface area (Å²) >= 11 is 0. The van der Waals surface area contributed by atoms with Crippen LogP contribution in [0.5, 0.6) is 0 Å². The predicted molar refractivity (Wildman–Crippen MR) is 85.2 cm³/mol. The summed E-state index contributed by atoms with van der Waals surface area (Å²) in [7, 11) is 1.75. The molecule has 0 radical (unpaired) electrons. The van der Waals surface area contributed by atoms with Crippen LogP contribution in [0.15, 0.2) is 48.5 Å². The van der Waals surface area contributed by atoms with Crippen molar-refractivity contribution >= 4 is 5.69 Å². The molecule has 0 fully saturated rings. The Morgan fingerprint density at radius 2 is 1.80 bits per heavy atom. The van der Waals surface area contributed by atoms with Crippen molar-refractivity contribution in [3.05, 3.63) is 65.2 Å². The van der Waals surface area contributed by atoms with Crippen molar-refractivity contribution in [3.8, 4) is 0 Å². The van der Waals surface area contributed by atoms with Crippen LogP contribution in [0, 0.1) is 6.92 Å². The molecule has 0 saturated carbocycles. The van der Waals surface area contributed by atoms with Crippen LogP contribution in [-0.2, 0) is 11.2 Å². The first-order chi connectivity index (χ1) is 9.76. The first-order valence-electron chi connectivity index (χ1n) is 7.15. The molecule has 106 valence electrons. The lowest BCUT2D eigenvalue weighted by Gasteiger charge is -2.23. The molecule has 0 aromatic heterocycles. The second-order valence-corrected chi connectivity index (χ2v) is 5.03. The number of hydrogen-bond donors (Lipinski definition) is 1. The van der Waals surface area contributed by atoms with Gasteiger partial charge in [-0.1, -0.05) is 55.5 Å². The minimum Gasteiger partial charge on any atom is -0.382 e. The Hall–Kier alpha value is -1.80. The zero-order chi connectivity index (χ0) is 14.4. The molecule has 0 spiro atoms. The quantitative estimate of drug-likeness (QED) is 0.841. The molecule has 1 unspecified atom stereocenters. The van der Waals surface area contributed by atoms with E-state index in [4.69, 9.17) is 4.74 Å². The highest BCUT2D eigenvalue weighted by molar-refractivity contribution is 5.58. The molecule has 0 bridgehead atoms. The average Bonchev–Trinajstić information content (AvgIpc) is 2.49. The molecular formula is C18H23NO. The zero-order valence-corrected chi connectivity index (χ0v) is 12.5. The SMILES string of the molecule is CCc1cccc(C)c1NC(COC)c1ccccc1. The molecule has 2 rings (SSSR count). The molecule has 0 aliphatic heterocycles. The summed E-state index contributed by atoms with van der Waals surface area (Å²) in [6.45, 7) is 4.99. The number of benzene rings is 2. The zero-order valence-electron chi connectivity index (χ0n) is 12.5. The number of nitrogens with one attached hydrogen (secondary N) is 1. The van der Waals surface area contributed by atoms with Crippen molar-refractivity contribution in [2.24, 2.45) is 0 Å². The Kier molecular flexibility index (Phi) is 5.19. The summed E-state index contributed by atoms with van der Waals surface area (Å²) in [5.74, 6) is 0. The van der Waals surface area contributed by atoms with Crippen molar-refractivity contribution in [2.75, 3.05) is 19.0 Å². The Morgan fingerprint density at radius 1 is 1.05 bits per heavy atom. The van der Waals surface area contributed by atoms with E-state index in [-0.39, 0.29) is 6.04 Å². The molecule has 1 atom stereocenters. The third kappa shape index (κ3) is 3.40. The van der Waals surface area contributed by atoms with Crippen LogP contribution in [0.4, 0.5) is 5.69 Å². The second-order valence-electron chi connectivity index (χ2n) is 5.03. The molecule has 2 aromatic carbocycles. The summed E-state index contributed by atoms with van der Waals surface area (Å²) in [6, 6.07) is 17.1. The van der Waals surface area contributed by atoms with Gasteiger partial charge >= 0.3 is 0 Å². The monoisotopic (exact) mass is 269 g/mol. The molecule has 0 saturated heterocycles. The molecule has 2 aromatic rings. The number of anilines is 1. The Morgan fingerprint density at radius 3 is 2.45 bits per heavy atom. The normalized spacial score (nSPS) is 12.2. The van der Waals surface area contributed by atoms with Gasteiger partial charge in [0.2, 0.25) is 0 Å². The third-order valence-electron chi connectivity index (χ3n) is 3.59. The standard InChI is InChI=1S/C18H23NO/c1-4-15-12-8-9-14(2)18(15)19-17(13-20-3)16-10-6-5-7-11-16/h5-12,17,19H,4,13H2,1-3H3. The number of aryl methyl sites for hydroxylation is 2. The molecule has 2 heteroatoms. The third-order valence-corrected chi connectivity index (χ3v) is 3.59. The largest absolute Gasteiger partial charge is 0.382 e. The summed E-state index contributed by atoms with van der Waals surface area (Å²) < 4.78 is 5.38. The summed E-state index contributed by atoms with van der Waals surface area (Å²) in [6.07, 6.45) is 1.03. The van der Waals surface area contributed by atoms with Crippen LogP contribution in [0.2, 0.25) is 0 Å². The van der Waals surface area contributed by atoms with E-state index >= 15 is 0 Å². The maximum Gasteiger partial charge on any atom is 0.0747 e. The van der Waals surface area contributed by atoms with Gasteiger partial charge in [-0.05, 0) is 30.0 Å². The molecular weight excluding hydrogens is 246 g/mol. The van der Waals surface area contributed by atoms with Gasteiger partial charge in [0.05, 0.1) is 12.6 Å². The van der Waals surface area contributed by atoms with Crippen LogP contribution in [0.1, 0.15) is 29.7 Å². The minimum atomic E-state index is 0.174. The van der Waals surface area contributed by atoms with E-state index in [0.29, 0.717) is 6.61 Å². The number of ether oxygens (including phenoxy) is 1. The van der Waals surface area contributed by atoms with Gasteiger partial charge in [-0.3, -0.25) is 0 Å². The molecule has 0 aliphatic carbocycles. The van der Waals surface area contributed by atoms with E-state index in [1.165, 1.54) is 22.4 Å². The topological polar surface area (TPSA) is 21.3 Å². The molecule has 0 aliphatic rings. The van der Waals surface area contributed by atoms with Crippen LogP contribution in [0.3, 0.4) is 0 Å². The van der Waals surface area contributed by atoms with E-state index in [2.05, 4.69) is 61.6 Å². The molecule has 1 N–H and O–H groups in total. The number of methoxy groups -OCH3 is 1. The maximum absolute atomic E-state index is 5.38. The van der Waals surface area contributed by atoms with Gasteiger partial charge in [0.1, 0.15) is 0 Å². The van der Waals surface area contributed by atoms with Crippen LogP contribution < -0.4 is 5.32 Å². The van der Waals surface area contributed by atoms with Crippen LogP contribution in [0.25, 0.3) is 0 Å². The Bertz CT molecular complexity index is 536. The Labute approximate surface area is 121 Å². The van der Waals surface area contributed by atoms with Crippen LogP contribution >= 0.6 is 0 Å². The van der Waals surface area contributed by atoms with Crippen molar-refractivity contribution in [1.82, 2.24) is 0 Å². The first kappa shape index (κ1) is 14.6. The second kappa shape index (κ2) is 7.11. The van der Waals surface area contributed by atoms with E-state index < -0.39 is 0 Å². The van der Waals surface area contributed by atoms with Crippen molar-refractivity contribution in [1.29, 1.82) is 0 Å². The summed E-state index contributed by atoms with van der Waals surface area (Å²) in [4.78, 5) is 0. The average molecular weight is 269 g/mol. The van der Waals surface area contributed by atoms with Gasteiger partial charge in [0.15, 0.2) is 0 Å². The van der Waals surface area contributed by atoms with E-state index in [1.807, 2.05) is 6.07 Å². The molecule has 0 amide bonds. The van der Waals surface area contributed by atoms with Gasteiger partial charge in [-0.15, -0.1) is 0 Å². The first-order valence-corrected chi connectivity index (χ1v) is 7.15. The molecule has 20 heavy (non-hydrogen) atoms. The number of para-hydroxylation sites is 1. The van der Waals surface area contributed by atoms with Crippen molar-refractivity contribution in [2.45, 2.75) is 26.3 Å². The highest BCUT2D eigenvalue weighted by Crippen LogP contribution is 2.26. The molecule has 0 heterocycles. The fourth-order valence-electron chi connectivity index (χ4n) is 2.48. The van der Waals surface area contributed by atoms with Gasteiger partial charge in [-0.25, -0.2) is 0 Å². The van der Waals surface area contributed by atoms with Gasteiger partial charge in [-0.2, -0.15) is 0 Å². The van der Waals surface area contributed by atoms with E-state index in [1.54, 1.807) is 7.11 Å². The predicted octanol–water partition coefficient (Wildman–Crippen LogP) is 4.36. The number of hydrogen-bond acceptors (Lipinski definition) is 2. The van der Waals surface area contributed by atoms with Gasteiger partial charge < -0.3 is 10.1 Å². The summed E-state index contributed by atoms with van der Waals surface area (Å²) in [5.41, 5.74) is 5.11. The highest BCUT2D eigenvalue weighted by Gasteiger charge is 2.13. The smallest absolute Gasteiger partial charge is 0.0747 e. The van der Waals surface area contributed by atoms with Gasteiger partial charge in [0.25, 0.3) is 0 Å². The highest BCUT2D eigenvalue weighted by atomic mass is 16.5. The van der Waals surface area contributed by atoms with Crippen molar-refractivity contribution in [3.63, 3.8) is 0 Å². The van der Waals surface area contributed by atoms with E-state index in [0.717, 1.165) is 6.42 Å². The molecule has 2 nitrogen and oxygen atoms in total. The lowest BCUT2D eigenvalue weighted by molar-refractivity contribution is 0.186.